The highest BCUT2D eigenvalue weighted by Gasteiger charge is 2.16. The Labute approximate surface area is 191 Å². The van der Waals surface area contributed by atoms with Gasteiger partial charge in [-0.25, -0.2) is 4.98 Å². The van der Waals surface area contributed by atoms with E-state index in [0.29, 0.717) is 11.6 Å². The molecule has 3 aromatic rings. The molecule has 1 aromatic heterocycles. The first-order valence-electron chi connectivity index (χ1n) is 10.0. The van der Waals surface area contributed by atoms with Gasteiger partial charge in [0.1, 0.15) is 0 Å². The van der Waals surface area contributed by atoms with Crippen LogP contribution in [-0.2, 0) is 9.59 Å². The van der Waals surface area contributed by atoms with Gasteiger partial charge in [-0.2, -0.15) is 0 Å². The van der Waals surface area contributed by atoms with E-state index in [1.807, 2.05) is 82.3 Å². The number of aryl methyl sites for hydroxylation is 1. The lowest BCUT2D eigenvalue weighted by Crippen LogP contribution is -2.19. The molecular weight excluding hydrogens is 426 g/mol. The van der Waals surface area contributed by atoms with Gasteiger partial charge in [0.25, 0.3) is 0 Å². The average Bonchev–Trinajstić information content (AvgIpc) is 3.06. The number of benzene rings is 2. The summed E-state index contributed by atoms with van der Waals surface area (Å²) in [7, 11) is 0. The molecule has 2 aromatic carbocycles. The summed E-state index contributed by atoms with van der Waals surface area (Å²) in [5.74, 6) is 0.139. The van der Waals surface area contributed by atoms with E-state index < -0.39 is 0 Å². The van der Waals surface area contributed by atoms with Crippen molar-refractivity contribution in [3.05, 3.63) is 59.5 Å². The molecule has 0 fully saturated rings. The quantitative estimate of drug-likeness (QED) is 0.416. The van der Waals surface area contributed by atoms with Crippen LogP contribution in [0.5, 0.6) is 0 Å². The molecule has 7 heteroatoms. The van der Waals surface area contributed by atoms with E-state index >= 15 is 0 Å². The molecule has 0 saturated carbocycles. The van der Waals surface area contributed by atoms with Crippen LogP contribution in [-0.4, -0.2) is 22.6 Å². The number of anilines is 2. The number of carbonyl (C=O) groups excluding carboxylic acids is 2. The van der Waals surface area contributed by atoms with E-state index in [-0.39, 0.29) is 23.0 Å². The summed E-state index contributed by atoms with van der Waals surface area (Å²) < 4.78 is 0. The Morgan fingerprint density at radius 2 is 1.74 bits per heavy atom. The summed E-state index contributed by atoms with van der Waals surface area (Å²) in [5, 5.41) is 6.43. The van der Waals surface area contributed by atoms with Crippen molar-refractivity contribution in [1.82, 2.24) is 4.98 Å². The summed E-state index contributed by atoms with van der Waals surface area (Å²) in [5.41, 5.74) is 2.61. The second kappa shape index (κ2) is 10.1. The summed E-state index contributed by atoms with van der Waals surface area (Å²) in [4.78, 5) is 31.1. The molecule has 0 radical (unpaired) electrons. The highest BCUT2D eigenvalue weighted by molar-refractivity contribution is 8.00. The van der Waals surface area contributed by atoms with E-state index in [4.69, 9.17) is 0 Å². The number of nitrogens with zero attached hydrogens (tertiary/aromatic N) is 1. The number of nitrogens with one attached hydrogen (secondary N) is 2. The SMILES string of the molecule is Cc1sc(NC(=O)CSc2cccc(NC(=O)CC(C)(C)C)c2)nc1-c1ccccc1. The van der Waals surface area contributed by atoms with Gasteiger partial charge in [-0.1, -0.05) is 57.2 Å². The second-order valence-electron chi connectivity index (χ2n) is 8.44. The maximum absolute atomic E-state index is 12.4. The number of hydrogen-bond donors (Lipinski definition) is 2. The monoisotopic (exact) mass is 453 g/mol. The average molecular weight is 454 g/mol. The fraction of sp³-hybridized carbons (Fsp3) is 0.292. The topological polar surface area (TPSA) is 71.1 Å². The predicted octanol–water partition coefficient (Wildman–Crippen LogP) is 6.22. The smallest absolute Gasteiger partial charge is 0.236 e. The first kappa shape index (κ1) is 23.0. The molecule has 0 aliphatic heterocycles. The van der Waals surface area contributed by atoms with E-state index in [0.717, 1.165) is 26.7 Å². The number of thiazole rings is 1. The van der Waals surface area contributed by atoms with Crippen molar-refractivity contribution in [2.75, 3.05) is 16.4 Å². The maximum Gasteiger partial charge on any atom is 0.236 e. The molecule has 0 spiro atoms. The summed E-state index contributed by atoms with van der Waals surface area (Å²) in [6.07, 6.45) is 0.449. The molecule has 162 valence electrons. The van der Waals surface area contributed by atoms with E-state index in [9.17, 15) is 9.59 Å². The zero-order chi connectivity index (χ0) is 22.4. The van der Waals surface area contributed by atoms with Crippen LogP contribution in [0.15, 0.2) is 59.5 Å². The molecule has 31 heavy (non-hydrogen) atoms. The van der Waals surface area contributed by atoms with Crippen molar-refractivity contribution in [3.63, 3.8) is 0 Å². The zero-order valence-electron chi connectivity index (χ0n) is 18.2. The summed E-state index contributed by atoms with van der Waals surface area (Å²) in [6.45, 7) is 8.10. The third-order valence-corrected chi connectivity index (χ3v) is 6.15. The lowest BCUT2D eigenvalue weighted by atomic mass is 9.92. The fourth-order valence-corrected chi connectivity index (χ4v) is 4.58. The minimum absolute atomic E-state index is 0.0132. The largest absolute Gasteiger partial charge is 0.326 e. The van der Waals surface area contributed by atoms with E-state index in [2.05, 4.69) is 15.6 Å². The van der Waals surface area contributed by atoms with Crippen LogP contribution >= 0.6 is 23.1 Å². The molecule has 3 rings (SSSR count). The number of hydrogen-bond acceptors (Lipinski definition) is 5. The first-order valence-corrected chi connectivity index (χ1v) is 11.9. The minimum atomic E-state index is -0.111. The lowest BCUT2D eigenvalue weighted by molar-refractivity contribution is -0.118. The van der Waals surface area contributed by atoms with Gasteiger partial charge < -0.3 is 10.6 Å². The molecule has 2 amide bonds. The highest BCUT2D eigenvalue weighted by atomic mass is 32.2. The molecule has 5 nitrogen and oxygen atoms in total. The molecule has 1 heterocycles. The van der Waals surface area contributed by atoms with Crippen LogP contribution in [0.2, 0.25) is 0 Å². The Balaban J connectivity index is 1.55. The van der Waals surface area contributed by atoms with Crippen molar-refractivity contribution in [3.8, 4) is 11.3 Å². The normalized spacial score (nSPS) is 11.2. The minimum Gasteiger partial charge on any atom is -0.326 e. The zero-order valence-corrected chi connectivity index (χ0v) is 19.8. The molecule has 0 unspecified atom stereocenters. The van der Waals surface area contributed by atoms with Crippen LogP contribution in [0.4, 0.5) is 10.8 Å². The molecular formula is C24H27N3O2S2. The Morgan fingerprint density at radius 3 is 2.45 bits per heavy atom. The highest BCUT2D eigenvalue weighted by Crippen LogP contribution is 2.30. The van der Waals surface area contributed by atoms with Gasteiger partial charge in [-0.05, 0) is 30.5 Å². The molecule has 0 bridgehead atoms. The summed E-state index contributed by atoms with van der Waals surface area (Å²) >= 11 is 2.90. The fourth-order valence-electron chi connectivity index (χ4n) is 2.97. The van der Waals surface area contributed by atoms with Gasteiger partial charge in [0.15, 0.2) is 5.13 Å². The van der Waals surface area contributed by atoms with Gasteiger partial charge in [0.05, 0.1) is 11.4 Å². The molecule has 0 saturated heterocycles. The Hall–Kier alpha value is -2.64. The van der Waals surface area contributed by atoms with Gasteiger partial charge in [0.2, 0.25) is 11.8 Å². The van der Waals surface area contributed by atoms with Crippen molar-refractivity contribution < 1.29 is 9.59 Å². The standard InChI is InChI=1S/C24H27N3O2S2/c1-16-22(17-9-6-5-7-10-17)27-23(31-16)26-21(29)15-30-19-12-8-11-18(13-19)25-20(28)14-24(2,3)4/h5-13H,14-15H2,1-4H3,(H,25,28)(H,26,27,29). The number of amides is 2. The van der Waals surface area contributed by atoms with E-state index in [1.54, 1.807) is 0 Å². The van der Waals surface area contributed by atoms with Gasteiger partial charge >= 0.3 is 0 Å². The second-order valence-corrected chi connectivity index (χ2v) is 10.7. The van der Waals surface area contributed by atoms with E-state index in [1.165, 1.54) is 23.1 Å². The van der Waals surface area contributed by atoms with Gasteiger partial charge in [-0.3, -0.25) is 9.59 Å². The Kier molecular flexibility index (Phi) is 7.51. The number of thioether (sulfide) groups is 1. The Morgan fingerprint density at radius 1 is 1.00 bits per heavy atom. The predicted molar refractivity (Wildman–Crippen MR) is 131 cm³/mol. The van der Waals surface area contributed by atoms with Crippen molar-refractivity contribution >= 4 is 45.7 Å². The number of rotatable bonds is 7. The first-order chi connectivity index (χ1) is 14.7. The van der Waals surface area contributed by atoms with Gasteiger partial charge in [-0.15, -0.1) is 23.1 Å². The molecule has 2 N–H and O–H groups in total. The number of carbonyl (C=O) groups is 2. The molecule has 0 aliphatic carbocycles. The lowest BCUT2D eigenvalue weighted by Gasteiger charge is -2.17. The Bertz CT molecular complexity index is 1060. The van der Waals surface area contributed by atoms with Gasteiger partial charge in [0, 0.05) is 27.4 Å². The maximum atomic E-state index is 12.4. The summed E-state index contributed by atoms with van der Waals surface area (Å²) in [6, 6.07) is 17.5. The van der Waals surface area contributed by atoms with Crippen LogP contribution in [0.3, 0.4) is 0 Å². The van der Waals surface area contributed by atoms with Crippen LogP contribution in [0.25, 0.3) is 11.3 Å². The third-order valence-electron chi connectivity index (χ3n) is 4.27. The molecule has 0 aliphatic rings. The van der Waals surface area contributed by atoms with Crippen molar-refractivity contribution in [2.24, 2.45) is 5.41 Å². The molecule has 0 atom stereocenters. The van der Waals surface area contributed by atoms with Crippen LogP contribution < -0.4 is 10.6 Å². The number of aromatic nitrogens is 1. The van der Waals surface area contributed by atoms with Crippen LogP contribution in [0.1, 0.15) is 32.1 Å². The van der Waals surface area contributed by atoms with Crippen LogP contribution in [0, 0.1) is 12.3 Å². The van der Waals surface area contributed by atoms with Crippen molar-refractivity contribution in [2.45, 2.75) is 39.0 Å². The van der Waals surface area contributed by atoms with Crippen molar-refractivity contribution in [1.29, 1.82) is 0 Å². The third kappa shape index (κ3) is 7.22.